The molecule has 180 valence electrons. The molecule has 0 aliphatic carbocycles. The first-order valence-corrected chi connectivity index (χ1v) is 12.4. The largest absolute Gasteiger partial charge is 0.497 e. The quantitative estimate of drug-likeness (QED) is 0.444. The zero-order valence-electron chi connectivity index (χ0n) is 19.4. The van der Waals surface area contributed by atoms with Crippen LogP contribution in [0.15, 0.2) is 36.4 Å². The van der Waals surface area contributed by atoms with Gasteiger partial charge in [0.15, 0.2) is 9.84 Å². The second kappa shape index (κ2) is 11.5. The molecule has 0 saturated carbocycles. The van der Waals surface area contributed by atoms with E-state index < -0.39 is 9.84 Å². The molecular formula is C22H28N2O6S3. The molecule has 11 heteroatoms. The van der Waals surface area contributed by atoms with E-state index in [1.165, 1.54) is 24.0 Å². The Hall–Kier alpha value is -2.63. The molecule has 0 heterocycles. The molecule has 2 aromatic carbocycles. The van der Waals surface area contributed by atoms with Gasteiger partial charge in [-0.25, -0.2) is 8.42 Å². The van der Waals surface area contributed by atoms with Gasteiger partial charge in [-0.15, -0.1) is 0 Å². The van der Waals surface area contributed by atoms with E-state index in [0.29, 0.717) is 44.1 Å². The highest BCUT2D eigenvalue weighted by Crippen LogP contribution is 2.27. The van der Waals surface area contributed by atoms with Crippen LogP contribution in [0, 0.1) is 0 Å². The van der Waals surface area contributed by atoms with Crippen LogP contribution in [0.2, 0.25) is 0 Å². The van der Waals surface area contributed by atoms with Crippen LogP contribution in [0.25, 0.3) is 0 Å². The van der Waals surface area contributed by atoms with Crippen LogP contribution < -0.4 is 18.9 Å². The molecule has 0 aliphatic rings. The molecule has 2 rings (SSSR count). The van der Waals surface area contributed by atoms with E-state index in [1.54, 1.807) is 64.7 Å². The second-order valence-corrected chi connectivity index (χ2v) is 9.92. The average Bonchev–Trinajstić information content (AvgIpc) is 2.81. The van der Waals surface area contributed by atoms with Gasteiger partial charge in [-0.05, 0) is 36.4 Å². The number of benzene rings is 2. The number of methoxy groups -OCH3 is 4. The first kappa shape index (κ1) is 26.6. The number of sulfone groups is 1. The van der Waals surface area contributed by atoms with E-state index >= 15 is 0 Å². The Morgan fingerprint density at radius 3 is 1.39 bits per heavy atom. The van der Waals surface area contributed by atoms with Gasteiger partial charge in [-0.3, -0.25) is 0 Å². The minimum Gasteiger partial charge on any atom is -0.497 e. The van der Waals surface area contributed by atoms with Crippen LogP contribution in [0.1, 0.15) is 11.1 Å². The highest BCUT2D eigenvalue weighted by Gasteiger charge is 2.23. The minimum absolute atomic E-state index is 0.311. The molecule has 33 heavy (non-hydrogen) atoms. The Morgan fingerprint density at radius 1 is 0.727 bits per heavy atom. The summed E-state index contributed by atoms with van der Waals surface area (Å²) in [5.74, 6) is 1.59. The van der Waals surface area contributed by atoms with Crippen LogP contribution in [-0.2, 0) is 9.84 Å². The molecule has 0 unspecified atom stereocenters. The Morgan fingerprint density at radius 2 is 1.09 bits per heavy atom. The molecule has 0 aliphatic heterocycles. The van der Waals surface area contributed by atoms with E-state index in [9.17, 15) is 8.42 Å². The van der Waals surface area contributed by atoms with Gasteiger partial charge in [-0.1, -0.05) is 24.4 Å². The monoisotopic (exact) mass is 512 g/mol. The minimum atomic E-state index is -3.62. The molecule has 0 fully saturated rings. The van der Waals surface area contributed by atoms with Crippen LogP contribution in [-0.4, -0.2) is 82.5 Å². The zero-order chi connectivity index (χ0) is 24.8. The topological polar surface area (TPSA) is 77.5 Å². The van der Waals surface area contributed by atoms with Crippen molar-refractivity contribution in [3.63, 3.8) is 0 Å². The fraction of sp³-hybridized carbons (Fsp3) is 0.364. The lowest BCUT2D eigenvalue weighted by atomic mass is 10.2. The predicted octanol–water partition coefficient (Wildman–Crippen LogP) is 2.97. The van der Waals surface area contributed by atoms with Gasteiger partial charge >= 0.3 is 0 Å². The zero-order valence-corrected chi connectivity index (χ0v) is 21.9. The Bertz CT molecular complexity index is 1040. The molecule has 0 saturated heterocycles. The summed E-state index contributed by atoms with van der Waals surface area (Å²) in [6.07, 6.45) is 0. The fourth-order valence-electron chi connectivity index (χ4n) is 3.12. The normalized spacial score (nSPS) is 10.8. The lowest BCUT2D eigenvalue weighted by Gasteiger charge is -2.25. The maximum atomic E-state index is 13.0. The Balaban J connectivity index is 2.18. The van der Waals surface area contributed by atoms with Crippen LogP contribution >= 0.6 is 24.4 Å². The van der Waals surface area contributed by atoms with E-state index in [0.717, 1.165) is 0 Å². The van der Waals surface area contributed by atoms with E-state index in [1.807, 2.05) is 0 Å². The SMILES string of the molecule is COc1ccc(OC)c(C(=S)N(C)CS(=O)(=O)CN(C)C(=S)c2cc(OC)ccc2OC)c1. The van der Waals surface area contributed by atoms with Crippen LogP contribution in [0.4, 0.5) is 0 Å². The van der Waals surface area contributed by atoms with Gasteiger partial charge in [0, 0.05) is 14.1 Å². The highest BCUT2D eigenvalue weighted by molar-refractivity contribution is 7.91. The lowest BCUT2D eigenvalue weighted by molar-refractivity contribution is 0.401. The summed E-state index contributed by atoms with van der Waals surface area (Å²) in [6.45, 7) is 0. The Labute approximate surface area is 205 Å². The smallest absolute Gasteiger partial charge is 0.186 e. The van der Waals surface area contributed by atoms with Gasteiger partial charge in [-0.2, -0.15) is 0 Å². The van der Waals surface area contributed by atoms with Crippen molar-refractivity contribution < 1.29 is 27.4 Å². The molecule has 0 amide bonds. The van der Waals surface area contributed by atoms with Crippen molar-refractivity contribution in [1.29, 1.82) is 0 Å². The van der Waals surface area contributed by atoms with Crippen molar-refractivity contribution in [3.05, 3.63) is 47.5 Å². The molecule has 0 radical (unpaired) electrons. The van der Waals surface area contributed by atoms with Crippen molar-refractivity contribution in [3.8, 4) is 23.0 Å². The maximum Gasteiger partial charge on any atom is 0.186 e. The number of thiocarbonyl (C=S) groups is 2. The van der Waals surface area contributed by atoms with E-state index in [-0.39, 0.29) is 11.8 Å². The molecular weight excluding hydrogens is 484 g/mol. The van der Waals surface area contributed by atoms with Crippen molar-refractivity contribution in [2.24, 2.45) is 0 Å². The summed E-state index contributed by atoms with van der Waals surface area (Å²) >= 11 is 11.1. The summed E-state index contributed by atoms with van der Waals surface area (Å²) in [7, 11) is 5.73. The average molecular weight is 513 g/mol. The lowest BCUT2D eigenvalue weighted by Crippen LogP contribution is -2.38. The summed E-state index contributed by atoms with van der Waals surface area (Å²) in [5, 5.41) is 0. The first-order chi connectivity index (χ1) is 15.6. The van der Waals surface area contributed by atoms with Crippen molar-refractivity contribution >= 4 is 44.3 Å². The van der Waals surface area contributed by atoms with Crippen LogP contribution in [0.5, 0.6) is 23.0 Å². The third-order valence-corrected chi connectivity index (χ3v) is 7.37. The summed E-state index contributed by atoms with van der Waals surface area (Å²) in [5.41, 5.74) is 1.13. The molecule has 0 atom stereocenters. The molecule has 8 nitrogen and oxygen atoms in total. The standard InChI is InChI=1S/C22H28N2O6S3/c1-23(21(31)17-11-15(27-3)7-9-19(17)29-5)13-33(25,26)14-24(2)22(32)18-12-16(28-4)8-10-20(18)30-6/h7-12H,13-14H2,1-6H3. The maximum absolute atomic E-state index is 13.0. The third kappa shape index (κ3) is 6.68. The molecule has 0 N–H and O–H groups in total. The van der Waals surface area contributed by atoms with Crippen LogP contribution in [0.3, 0.4) is 0 Å². The number of rotatable bonds is 10. The number of nitrogens with zero attached hydrogens (tertiary/aromatic N) is 2. The van der Waals surface area contributed by atoms with Crippen molar-refractivity contribution in [2.75, 3.05) is 54.3 Å². The molecule has 0 aromatic heterocycles. The van der Waals surface area contributed by atoms with Gasteiger partial charge < -0.3 is 28.7 Å². The summed E-state index contributed by atoms with van der Waals surface area (Å²) in [6, 6.07) is 10.3. The van der Waals surface area contributed by atoms with Crippen molar-refractivity contribution in [1.82, 2.24) is 9.80 Å². The predicted molar refractivity (Wildman–Crippen MR) is 137 cm³/mol. The third-order valence-electron chi connectivity index (χ3n) is 4.75. The number of ether oxygens (including phenoxy) is 4. The molecule has 0 bridgehead atoms. The van der Waals surface area contributed by atoms with Gasteiger partial charge in [0.05, 0.1) is 39.6 Å². The highest BCUT2D eigenvalue weighted by atomic mass is 32.2. The van der Waals surface area contributed by atoms with Gasteiger partial charge in [0.25, 0.3) is 0 Å². The van der Waals surface area contributed by atoms with Gasteiger partial charge in [0.1, 0.15) is 44.7 Å². The van der Waals surface area contributed by atoms with Gasteiger partial charge in [0.2, 0.25) is 0 Å². The fourth-order valence-corrected chi connectivity index (χ4v) is 5.25. The van der Waals surface area contributed by atoms with E-state index in [4.69, 9.17) is 43.4 Å². The second-order valence-electron chi connectivity index (χ2n) is 7.14. The van der Waals surface area contributed by atoms with E-state index in [2.05, 4.69) is 0 Å². The molecule has 0 spiro atoms. The van der Waals surface area contributed by atoms with Crippen molar-refractivity contribution in [2.45, 2.75) is 0 Å². The number of hydrogen-bond donors (Lipinski definition) is 0. The first-order valence-electron chi connectivity index (χ1n) is 9.72. The summed E-state index contributed by atoms with van der Waals surface area (Å²) in [4.78, 5) is 3.58. The molecule has 2 aromatic rings. The summed E-state index contributed by atoms with van der Waals surface area (Å²) < 4.78 is 47.2. The number of hydrogen-bond acceptors (Lipinski definition) is 8. The Kier molecular flexibility index (Phi) is 9.26.